The van der Waals surface area contributed by atoms with Gasteiger partial charge < -0.3 is 14.5 Å². The molecule has 5 heteroatoms. The lowest BCUT2D eigenvalue weighted by molar-refractivity contribution is 0.144. The van der Waals surface area contributed by atoms with E-state index in [4.69, 9.17) is 14.5 Å². The first-order chi connectivity index (χ1) is 10.3. The van der Waals surface area contributed by atoms with Crippen LogP contribution in [0.2, 0.25) is 0 Å². The molecule has 0 aliphatic heterocycles. The molecule has 0 spiro atoms. The molecule has 0 atom stereocenters. The Labute approximate surface area is 132 Å². The molecule has 4 nitrogen and oxygen atoms in total. The van der Waals surface area contributed by atoms with Gasteiger partial charge in [0.2, 0.25) is 0 Å². The van der Waals surface area contributed by atoms with Gasteiger partial charge in [0.05, 0.1) is 6.61 Å². The Kier molecular flexibility index (Phi) is 7.77. The van der Waals surface area contributed by atoms with Crippen LogP contribution in [0.3, 0.4) is 0 Å². The van der Waals surface area contributed by atoms with Crippen molar-refractivity contribution in [3.63, 3.8) is 0 Å². The third-order valence-corrected chi connectivity index (χ3v) is 3.50. The van der Waals surface area contributed by atoms with Gasteiger partial charge in [-0.25, -0.2) is 0 Å². The van der Waals surface area contributed by atoms with E-state index in [1.54, 1.807) is 0 Å². The first-order valence-electron chi connectivity index (χ1n) is 7.28. The number of benzene rings is 1. The van der Waals surface area contributed by atoms with Crippen molar-refractivity contribution < 1.29 is 19.1 Å². The molecule has 22 heavy (non-hydrogen) atoms. The van der Waals surface area contributed by atoms with Crippen LogP contribution in [-0.2, 0) is 15.9 Å². The average molecular weight is 324 g/mol. The minimum Gasteiger partial charge on any atom is -0.364 e. The molecule has 0 heterocycles. The lowest BCUT2D eigenvalue weighted by Gasteiger charge is -2.07. The summed E-state index contributed by atoms with van der Waals surface area (Å²) in [6, 6.07) is 7.79. The van der Waals surface area contributed by atoms with E-state index in [9.17, 15) is 4.57 Å². The molecule has 0 amide bonds. The predicted octanol–water partition coefficient (Wildman–Crippen LogP) is 4.49. The minimum atomic E-state index is -4.10. The lowest BCUT2D eigenvalue weighted by atomic mass is 10.1. The summed E-state index contributed by atoms with van der Waals surface area (Å²) in [4.78, 5) is 17.5. The first kappa shape index (κ1) is 18.9. The van der Waals surface area contributed by atoms with Crippen LogP contribution in [0.15, 0.2) is 41.5 Å². The Morgan fingerprint density at radius 3 is 2.64 bits per heavy atom. The van der Waals surface area contributed by atoms with Crippen LogP contribution < -0.4 is 0 Å². The van der Waals surface area contributed by atoms with Gasteiger partial charge in [-0.1, -0.05) is 41.5 Å². The quantitative estimate of drug-likeness (QED) is 0.546. The van der Waals surface area contributed by atoms with E-state index < -0.39 is 13.9 Å². The van der Waals surface area contributed by atoms with Crippen molar-refractivity contribution in [2.24, 2.45) is 0 Å². The summed E-state index contributed by atoms with van der Waals surface area (Å²) in [5, 5.41) is 0. The largest absolute Gasteiger partial charge is 0.364 e. The summed E-state index contributed by atoms with van der Waals surface area (Å²) in [5.41, 5.74) is 4.61. The van der Waals surface area contributed by atoms with Gasteiger partial charge in [-0.05, 0) is 50.8 Å². The Morgan fingerprint density at radius 2 is 2.00 bits per heavy atom. The van der Waals surface area contributed by atoms with Gasteiger partial charge in [-0.3, -0.25) is 4.57 Å². The van der Waals surface area contributed by atoms with E-state index in [-0.39, 0.29) is 6.61 Å². The van der Waals surface area contributed by atoms with Gasteiger partial charge >= 0.3 is 7.60 Å². The van der Waals surface area contributed by atoms with Crippen molar-refractivity contribution in [2.75, 3.05) is 6.35 Å². The minimum absolute atomic E-state index is 0.198. The molecule has 122 valence electrons. The zero-order valence-electron chi connectivity index (χ0n) is 13.5. The van der Waals surface area contributed by atoms with Crippen LogP contribution in [-0.4, -0.2) is 16.1 Å². The topological polar surface area (TPSA) is 66.8 Å². The monoisotopic (exact) mass is 324 g/mol. The summed E-state index contributed by atoms with van der Waals surface area (Å²) in [7, 11) is -4.10. The van der Waals surface area contributed by atoms with Crippen molar-refractivity contribution in [1.82, 2.24) is 0 Å². The third kappa shape index (κ3) is 8.96. The molecule has 0 bridgehead atoms. The molecule has 1 aromatic carbocycles. The highest BCUT2D eigenvalue weighted by atomic mass is 31.2. The molecule has 0 saturated heterocycles. The smallest absolute Gasteiger partial charge is 0.350 e. The fraction of sp³-hybridized carbons (Fsp3) is 0.412. The summed E-state index contributed by atoms with van der Waals surface area (Å²) >= 11 is 0. The number of ether oxygens (including phenoxy) is 1. The number of hydrogen-bond acceptors (Lipinski definition) is 2. The number of rotatable bonds is 8. The summed E-state index contributed by atoms with van der Waals surface area (Å²) in [6.07, 6.45) is 5.86. The Balaban J connectivity index is 2.59. The van der Waals surface area contributed by atoms with Gasteiger partial charge in [0.15, 0.2) is 0 Å². The second-order valence-electron chi connectivity index (χ2n) is 5.70. The maximum Gasteiger partial charge on any atom is 0.350 e. The molecule has 0 aliphatic carbocycles. The van der Waals surface area contributed by atoms with Crippen molar-refractivity contribution in [3.05, 3.63) is 52.6 Å². The van der Waals surface area contributed by atoms with E-state index in [2.05, 4.69) is 32.9 Å². The highest BCUT2D eigenvalue weighted by Gasteiger charge is 2.12. The molecule has 1 aromatic rings. The molecule has 2 N–H and O–H groups in total. The Morgan fingerprint density at radius 1 is 1.27 bits per heavy atom. The SMILES string of the molecule is CC(C)=CCCC(C)=Cc1cccc(COCP(=O)(O)O)c1. The summed E-state index contributed by atoms with van der Waals surface area (Å²) in [6.45, 7) is 6.50. The average Bonchev–Trinajstić information content (AvgIpc) is 2.37. The van der Waals surface area contributed by atoms with Crippen molar-refractivity contribution in [1.29, 1.82) is 0 Å². The van der Waals surface area contributed by atoms with Crippen molar-refractivity contribution >= 4 is 13.7 Å². The number of hydrogen-bond donors (Lipinski definition) is 2. The Bertz CT molecular complexity index is 580. The third-order valence-electron chi connectivity index (χ3n) is 2.98. The highest BCUT2D eigenvalue weighted by Crippen LogP contribution is 2.34. The van der Waals surface area contributed by atoms with Crippen LogP contribution in [0.5, 0.6) is 0 Å². The Hall–Kier alpha value is -1.19. The van der Waals surface area contributed by atoms with E-state index in [1.807, 2.05) is 24.3 Å². The van der Waals surface area contributed by atoms with Gasteiger partial charge in [0.25, 0.3) is 0 Å². The zero-order chi connectivity index (χ0) is 16.6. The molecule has 0 unspecified atom stereocenters. The van der Waals surface area contributed by atoms with Gasteiger partial charge in [0, 0.05) is 0 Å². The van der Waals surface area contributed by atoms with Gasteiger partial charge in [0.1, 0.15) is 6.35 Å². The maximum atomic E-state index is 10.7. The predicted molar refractivity (Wildman–Crippen MR) is 90.5 cm³/mol. The van der Waals surface area contributed by atoms with Crippen LogP contribution in [0.1, 0.15) is 44.7 Å². The van der Waals surface area contributed by atoms with Gasteiger partial charge in [-0.15, -0.1) is 0 Å². The highest BCUT2D eigenvalue weighted by molar-refractivity contribution is 7.51. The fourth-order valence-electron chi connectivity index (χ4n) is 2.00. The fourth-order valence-corrected chi connectivity index (χ4v) is 2.33. The molecule has 0 fully saturated rings. The normalized spacial score (nSPS) is 12.3. The van der Waals surface area contributed by atoms with Crippen LogP contribution in [0, 0.1) is 0 Å². The van der Waals surface area contributed by atoms with E-state index in [0.717, 1.165) is 24.0 Å². The van der Waals surface area contributed by atoms with E-state index in [0.29, 0.717) is 0 Å². The van der Waals surface area contributed by atoms with E-state index in [1.165, 1.54) is 11.1 Å². The van der Waals surface area contributed by atoms with Crippen molar-refractivity contribution in [2.45, 2.75) is 40.2 Å². The second kappa shape index (κ2) is 9.06. The van der Waals surface area contributed by atoms with Crippen LogP contribution in [0.25, 0.3) is 6.08 Å². The standard InChI is InChI=1S/C17H25O4P/c1-14(2)6-4-7-15(3)10-16-8-5-9-17(11-16)12-21-13-22(18,19)20/h5-6,8-11H,4,7,12-13H2,1-3H3,(H2,18,19,20). The zero-order valence-corrected chi connectivity index (χ0v) is 14.3. The van der Waals surface area contributed by atoms with Crippen LogP contribution in [0.4, 0.5) is 0 Å². The maximum absolute atomic E-state index is 10.7. The molecular weight excluding hydrogens is 299 g/mol. The number of allylic oxidation sites excluding steroid dienone is 3. The molecule has 0 radical (unpaired) electrons. The molecular formula is C17H25O4P. The lowest BCUT2D eigenvalue weighted by Crippen LogP contribution is -1.96. The second-order valence-corrected chi connectivity index (χ2v) is 7.29. The summed E-state index contributed by atoms with van der Waals surface area (Å²) in [5.74, 6) is 0. The molecule has 0 saturated carbocycles. The molecule has 0 aromatic heterocycles. The first-order valence-corrected chi connectivity index (χ1v) is 9.08. The molecule has 0 aliphatic rings. The van der Waals surface area contributed by atoms with Crippen LogP contribution >= 0.6 is 7.60 Å². The van der Waals surface area contributed by atoms with Crippen molar-refractivity contribution in [3.8, 4) is 0 Å². The van der Waals surface area contributed by atoms with Gasteiger partial charge in [-0.2, -0.15) is 0 Å². The molecule has 1 rings (SSSR count). The summed E-state index contributed by atoms with van der Waals surface area (Å²) < 4.78 is 15.8. The van der Waals surface area contributed by atoms with E-state index >= 15 is 0 Å².